The Kier molecular flexibility index (Phi) is 34.4. The van der Waals surface area contributed by atoms with E-state index < -0.39 is 61.9 Å². The molecule has 0 aromatic heterocycles. The summed E-state index contributed by atoms with van der Waals surface area (Å²) in [7, 11) is -1.97. The maximum atomic E-state index is 13.2. The van der Waals surface area contributed by atoms with Crippen molar-refractivity contribution in [2.24, 2.45) is 0 Å². The fraction of sp³-hybridized carbons (Fsp3) is 0.330. The normalized spacial score (nSPS) is 21.1. The average Bonchev–Trinajstić information content (AvgIpc) is 0.769. The van der Waals surface area contributed by atoms with Crippen LogP contribution in [0.5, 0.6) is 5.75 Å². The van der Waals surface area contributed by atoms with Gasteiger partial charge < -0.3 is 25.2 Å². The summed E-state index contributed by atoms with van der Waals surface area (Å²) < 4.78 is 91.2. The minimum Gasteiger partial charge on any atom is -0.497 e. The van der Waals surface area contributed by atoms with Crippen LogP contribution in [0.3, 0.4) is 0 Å². The quantitative estimate of drug-likeness (QED) is 0.0136. The predicted molar refractivity (Wildman–Crippen MR) is 495 cm³/mol. The number of hydrogen-bond acceptors (Lipinski definition) is 20. The lowest BCUT2D eigenvalue weighted by molar-refractivity contribution is -0.388. The first-order chi connectivity index (χ1) is 59.7. The van der Waals surface area contributed by atoms with Crippen LogP contribution in [-0.2, 0) is 30.1 Å². The number of rotatable bonds is 31. The molecule has 28 nitrogen and oxygen atoms in total. The number of urea groups is 1. The summed E-state index contributed by atoms with van der Waals surface area (Å²) in [6.45, 7) is 14.3. The Bertz CT molecular complexity index is 5660. The van der Waals surface area contributed by atoms with Gasteiger partial charge in [0.1, 0.15) is 5.75 Å². The average molecular weight is 1960 g/mol. The molecule has 4 heterocycles. The van der Waals surface area contributed by atoms with Crippen molar-refractivity contribution >= 4 is 107 Å². The molecule has 0 aliphatic carbocycles. The number of likely N-dealkylation sites (N-methyl/N-ethyl adjacent to an activating group) is 5. The van der Waals surface area contributed by atoms with Crippen LogP contribution in [0.1, 0.15) is 83.7 Å². The number of para-hydroxylation sites is 3. The van der Waals surface area contributed by atoms with Crippen LogP contribution in [0, 0.1) is 42.2 Å². The zero-order chi connectivity index (χ0) is 90.8. The number of hydrogen-bond donors (Lipinski definition) is 4. The maximum Gasteiger partial charge on any atom is 0.321 e. The van der Waals surface area contributed by atoms with E-state index in [4.69, 9.17) is 4.74 Å². The summed E-state index contributed by atoms with van der Waals surface area (Å²) in [5.41, 5.74) is 5.78. The van der Waals surface area contributed by atoms with Gasteiger partial charge in [-0.1, -0.05) is 189 Å². The molecule has 12 atom stereocenters. The summed E-state index contributed by atoms with van der Waals surface area (Å²) in [6.07, 6.45) is 5.47. The lowest BCUT2D eigenvalue weighted by atomic mass is 9.73. The molecule has 125 heavy (non-hydrogen) atoms. The van der Waals surface area contributed by atoms with Gasteiger partial charge in [0.05, 0.1) is 35.1 Å². The van der Waals surface area contributed by atoms with Gasteiger partial charge in [-0.05, 0) is 152 Å². The molecule has 0 radical (unpaired) electrons. The van der Waals surface area contributed by atoms with Gasteiger partial charge in [-0.2, -0.15) is 8.61 Å². The molecule has 4 saturated heterocycles. The Morgan fingerprint density at radius 1 is 0.472 bits per heavy atom. The van der Waals surface area contributed by atoms with E-state index in [0.717, 1.165) is 69.7 Å². The number of ether oxygens (including phenoxy) is 1. The molecule has 9 aromatic carbocycles. The van der Waals surface area contributed by atoms with E-state index in [1.54, 1.807) is 19.1 Å². The maximum absolute atomic E-state index is 13.2. The second kappa shape index (κ2) is 44.1. The largest absolute Gasteiger partial charge is 0.497 e. The van der Waals surface area contributed by atoms with E-state index in [-0.39, 0.29) is 126 Å². The second-order valence-electron chi connectivity index (χ2n) is 30.7. The van der Waals surface area contributed by atoms with Crippen molar-refractivity contribution in [2.45, 2.75) is 113 Å². The number of amides is 2. The number of aliphatic hydroxyl groups excluding tert-OH is 2. The van der Waals surface area contributed by atoms with Crippen molar-refractivity contribution in [3.8, 4) is 17.6 Å². The predicted octanol–water partition coefficient (Wildman–Crippen LogP) is 14.9. The van der Waals surface area contributed by atoms with Crippen LogP contribution in [0.15, 0.2) is 278 Å². The Morgan fingerprint density at radius 2 is 0.816 bits per heavy atom. The van der Waals surface area contributed by atoms with Gasteiger partial charge in [-0.25, -0.2) is 34.8 Å². The van der Waals surface area contributed by atoms with Gasteiger partial charge in [0.2, 0.25) is 30.1 Å². The molecule has 13 rings (SSSR count). The smallest absolute Gasteiger partial charge is 0.321 e. The number of carbonyl (C=O) groups excluding carboxylic acids is 1. The number of aliphatic hydroxyl groups is 2. The highest BCUT2D eigenvalue weighted by atomic mass is 79.9. The number of nitrogens with one attached hydrogen (secondary N) is 2. The summed E-state index contributed by atoms with van der Waals surface area (Å²) in [6, 6.07) is 65.5. The number of anilines is 1. The first-order valence-electron chi connectivity index (χ1n) is 40.3. The molecule has 4 aliphatic heterocycles. The highest BCUT2D eigenvalue weighted by molar-refractivity contribution is 9.11. The Hall–Kier alpha value is -9.78. The molecule has 4 fully saturated rings. The fourth-order valence-electron chi connectivity index (χ4n) is 17.1. The molecule has 34 heteroatoms. The van der Waals surface area contributed by atoms with Gasteiger partial charge in [0.15, 0.2) is 14.7 Å². The highest BCUT2D eigenvalue weighted by Gasteiger charge is 2.52. The van der Waals surface area contributed by atoms with Gasteiger partial charge >= 0.3 is 6.03 Å². The lowest BCUT2D eigenvalue weighted by Crippen LogP contribution is -2.65. The van der Waals surface area contributed by atoms with Crippen molar-refractivity contribution in [3.63, 3.8) is 0 Å². The first-order valence-corrected chi connectivity index (χ1v) is 47.1. The number of nitrogens with zero attached hydrogens (tertiary/aromatic N) is 10. The van der Waals surface area contributed by atoms with Crippen LogP contribution in [0.2, 0.25) is 0 Å². The third-order valence-corrected chi connectivity index (χ3v) is 30.4. The van der Waals surface area contributed by atoms with Crippen LogP contribution in [0.4, 0.5) is 27.5 Å². The first kappa shape index (κ1) is 97.4. The van der Waals surface area contributed by atoms with E-state index in [9.17, 15) is 70.6 Å². The molecule has 4 N–H and O–H groups in total. The third kappa shape index (κ3) is 23.0. The SMILES string of the molecule is C=CCN1C(CN(C)S(=O)(=O)c2ccccc2[N+](=O)[O-])[C@@H](c2ccc(Br)cc2)[C@H]1CC.C=CCN1C(CNS(=O)(=O)c2ccccc2[N+](=O)[O-])[C@@H](c2ccc(Br)cc2)[C@H]1CC.CN1C(CN(C)S(=O)(=O)c2ccccc2[N+](=O)[O-])[C@@H](c2ccc(Br)cc2)[C@H]1CO.COc1ccc(NC(=O)N(C)C[C@H]2C(c3ccc(C#Cc4ccccc4)cc3)[C@@H](CO)N2C)cc1. The molecular formula is C91H103Br3N12O16S3. The molecule has 0 spiro atoms. The van der Waals surface area contributed by atoms with Crippen molar-refractivity contribution in [1.82, 2.24) is 37.8 Å². The third-order valence-electron chi connectivity index (χ3n) is 23.6. The van der Waals surface area contributed by atoms with Crippen LogP contribution >= 0.6 is 47.8 Å². The summed E-state index contributed by atoms with van der Waals surface area (Å²) >= 11 is 10.3. The molecule has 662 valence electrons. The van der Waals surface area contributed by atoms with Gasteiger partial charge in [-0.15, -0.1) is 13.2 Å². The number of methoxy groups -OCH3 is 1. The lowest BCUT2D eigenvalue weighted by Gasteiger charge is -2.56. The molecule has 9 aromatic rings. The summed E-state index contributed by atoms with van der Waals surface area (Å²) in [4.78, 5) is 53.9. The van der Waals surface area contributed by atoms with Crippen molar-refractivity contribution in [2.75, 3.05) is 100 Å². The van der Waals surface area contributed by atoms with Gasteiger partial charge in [-0.3, -0.25) is 49.9 Å². The van der Waals surface area contributed by atoms with E-state index >= 15 is 0 Å². The number of halogens is 3. The standard InChI is InChI=1S/C29H31N3O3.C22H26BrN3O4S.C21H24BrN3O4S.C19H22BrN3O5S/c1-31(29(34)30-24-15-17-25(35-3)18-16-24)19-26-28(27(20-33)32(26)2)23-13-11-22(12-14-23)10-9-21-7-5-4-6-8-21;1-4-14-25-18(5-2)22(16-10-12-17(23)13-11-16)20(25)15-24(3)31(29,30)21-9-7-6-8-19(21)26(27)28;1-3-13-24-17(4-2)21(15-9-11-16(22)12-10-15)19(24)14-23-30(28,29)20-8-6-5-7-18(20)25(26)27;1-21(29(27,28)18-6-4-3-5-15(18)23(25)26)11-16-19(17(12-24)22(16)2)13-7-9-14(20)10-8-13/h4-8,11-18,26-28,33H,19-20H2,1-3H3,(H,30,34);4,6-13,18,20,22H,1,5,14-15H2,2-3H3;3,5-12,17,19,21,23H,1,4,13-14H2,2H3;3-10,16-17,19,24H,11-12H2,1-2H3/t26-,27+,28?;18-,20?,22+;17-,19?,21+;16?,17-,19-/m0111/s1. The number of likely N-dealkylation sites (tertiary alicyclic amines) is 4. The van der Waals surface area contributed by atoms with E-state index in [0.29, 0.717) is 25.3 Å². The van der Waals surface area contributed by atoms with Crippen molar-refractivity contribution in [1.29, 1.82) is 0 Å². The van der Waals surface area contributed by atoms with Crippen LogP contribution < -0.4 is 14.8 Å². The number of sulfonamides is 3. The molecule has 2 amide bonds. The summed E-state index contributed by atoms with van der Waals surface area (Å²) in [5, 5.41) is 56.6. The van der Waals surface area contributed by atoms with Gasteiger partial charge in [0.25, 0.3) is 17.1 Å². The zero-order valence-electron chi connectivity index (χ0n) is 70.4. The number of nitro groups is 3. The molecule has 0 saturated carbocycles. The minimum absolute atomic E-state index is 0.0132. The topological polar surface area (TPSA) is 345 Å². The van der Waals surface area contributed by atoms with Crippen LogP contribution in [0.25, 0.3) is 0 Å². The Morgan fingerprint density at radius 3 is 1.21 bits per heavy atom. The summed E-state index contributed by atoms with van der Waals surface area (Å²) in [5.74, 6) is 7.50. The van der Waals surface area contributed by atoms with Crippen molar-refractivity contribution in [3.05, 3.63) is 327 Å². The monoisotopic (exact) mass is 1950 g/mol. The van der Waals surface area contributed by atoms with E-state index in [1.807, 2.05) is 159 Å². The molecule has 4 aliphatic rings. The van der Waals surface area contributed by atoms with E-state index in [2.05, 4.69) is 136 Å². The molecule has 0 bridgehead atoms. The Labute approximate surface area is 756 Å². The van der Waals surface area contributed by atoms with E-state index in [1.165, 1.54) is 91.2 Å². The second-order valence-corrected chi connectivity index (χ2v) is 39.2. The van der Waals surface area contributed by atoms with Crippen LogP contribution in [-0.4, -0.2) is 233 Å². The zero-order valence-corrected chi connectivity index (χ0v) is 77.6. The number of benzene rings is 9. The number of nitro benzene ring substituents is 3. The number of carbonyl (C=O) groups is 1. The minimum atomic E-state index is -4.05. The van der Waals surface area contributed by atoms with Gasteiger partial charge in [0, 0.05) is 181 Å². The Balaban J connectivity index is 0.000000175. The fourth-order valence-corrected chi connectivity index (χ4v) is 21.8. The molecule has 4 unspecified atom stereocenters. The molecular weight excluding hydrogens is 1850 g/mol. The van der Waals surface area contributed by atoms with Crippen molar-refractivity contribution < 1.29 is 59.8 Å². The highest BCUT2D eigenvalue weighted by Crippen LogP contribution is 2.47.